The van der Waals surface area contributed by atoms with Crippen LogP contribution in [0.1, 0.15) is 5.56 Å². The topological polar surface area (TPSA) is 18.5 Å². The van der Waals surface area contributed by atoms with E-state index in [4.69, 9.17) is 0 Å². The number of anilines is 1. The first-order valence-corrected chi connectivity index (χ1v) is 7.27. The maximum atomic E-state index is 3.42. The average molecular weight is 279 g/mol. The zero-order chi connectivity index (χ0) is 14.7. The number of aryl methyl sites for hydroxylation is 1. The summed E-state index contributed by atoms with van der Waals surface area (Å²) in [5, 5.41) is 3.42. The van der Waals surface area contributed by atoms with Crippen LogP contribution in [0.15, 0.2) is 73.1 Å². The van der Waals surface area contributed by atoms with E-state index in [1.165, 1.54) is 11.3 Å². The van der Waals surface area contributed by atoms with Gasteiger partial charge in [-0.15, -0.1) is 0 Å². The van der Waals surface area contributed by atoms with Crippen molar-refractivity contribution >= 4 is 5.69 Å². The zero-order valence-corrected chi connectivity index (χ0v) is 12.5. The van der Waals surface area contributed by atoms with Crippen molar-refractivity contribution in [2.24, 2.45) is 0 Å². The second-order valence-corrected chi connectivity index (χ2v) is 5.40. The molecule has 1 N–H and O–H groups in total. The van der Waals surface area contributed by atoms with Gasteiger partial charge in [-0.1, -0.05) is 29.8 Å². The molecule has 0 aromatic heterocycles. The SMILES string of the molecule is Cc1ccc(N(C2C=CC=CN2)C2C=CC=CN2C)cc1. The van der Waals surface area contributed by atoms with E-state index in [2.05, 4.69) is 89.9 Å². The van der Waals surface area contributed by atoms with Gasteiger partial charge in [-0.2, -0.15) is 0 Å². The van der Waals surface area contributed by atoms with Gasteiger partial charge in [0.05, 0.1) is 0 Å². The number of dihydropyridines is 1. The number of benzene rings is 1. The Balaban J connectivity index is 1.96. The van der Waals surface area contributed by atoms with Crippen molar-refractivity contribution in [2.45, 2.75) is 19.3 Å². The smallest absolute Gasteiger partial charge is 0.122 e. The Morgan fingerprint density at radius 3 is 2.43 bits per heavy atom. The van der Waals surface area contributed by atoms with Crippen molar-refractivity contribution in [1.82, 2.24) is 10.2 Å². The summed E-state index contributed by atoms with van der Waals surface area (Å²) in [6.07, 6.45) is 17.1. The van der Waals surface area contributed by atoms with Crippen LogP contribution in [-0.4, -0.2) is 24.3 Å². The minimum absolute atomic E-state index is 0.140. The minimum atomic E-state index is 0.140. The largest absolute Gasteiger partial charge is 0.368 e. The molecule has 2 aliphatic rings. The summed E-state index contributed by atoms with van der Waals surface area (Å²) in [6, 6.07) is 8.69. The molecule has 21 heavy (non-hydrogen) atoms. The molecule has 1 aromatic rings. The summed E-state index contributed by atoms with van der Waals surface area (Å²) in [4.78, 5) is 4.59. The summed E-state index contributed by atoms with van der Waals surface area (Å²) >= 11 is 0. The first-order valence-electron chi connectivity index (χ1n) is 7.27. The average Bonchev–Trinajstić information content (AvgIpc) is 2.52. The lowest BCUT2D eigenvalue weighted by Crippen LogP contribution is -2.53. The molecule has 2 atom stereocenters. The molecule has 108 valence electrons. The third kappa shape index (κ3) is 2.87. The van der Waals surface area contributed by atoms with E-state index in [-0.39, 0.29) is 12.3 Å². The molecule has 0 fully saturated rings. The summed E-state index contributed by atoms with van der Waals surface area (Å²) in [5.41, 5.74) is 2.48. The highest BCUT2D eigenvalue weighted by atomic mass is 15.4. The van der Waals surface area contributed by atoms with E-state index in [0.717, 1.165) is 0 Å². The van der Waals surface area contributed by atoms with E-state index in [1.54, 1.807) is 0 Å². The fraction of sp³-hybridized carbons (Fsp3) is 0.222. The van der Waals surface area contributed by atoms with Gasteiger partial charge < -0.3 is 15.1 Å². The fourth-order valence-electron chi connectivity index (χ4n) is 2.66. The monoisotopic (exact) mass is 279 g/mol. The summed E-state index contributed by atoms with van der Waals surface area (Å²) in [7, 11) is 2.11. The van der Waals surface area contributed by atoms with Crippen LogP contribution in [0.5, 0.6) is 0 Å². The van der Waals surface area contributed by atoms with Gasteiger partial charge in [-0.3, -0.25) is 0 Å². The fourth-order valence-corrected chi connectivity index (χ4v) is 2.66. The summed E-state index contributed by atoms with van der Waals surface area (Å²) < 4.78 is 0. The number of allylic oxidation sites excluding steroid dienone is 4. The summed E-state index contributed by atoms with van der Waals surface area (Å²) in [5.74, 6) is 0. The van der Waals surface area contributed by atoms with Crippen molar-refractivity contribution in [1.29, 1.82) is 0 Å². The van der Waals surface area contributed by atoms with Crippen LogP contribution in [-0.2, 0) is 0 Å². The quantitative estimate of drug-likeness (QED) is 0.917. The van der Waals surface area contributed by atoms with E-state index >= 15 is 0 Å². The molecule has 0 saturated carbocycles. The Labute approximate surface area is 126 Å². The van der Waals surface area contributed by atoms with Gasteiger partial charge in [-0.05, 0) is 49.6 Å². The molecule has 3 rings (SSSR count). The molecule has 0 aliphatic carbocycles. The van der Waals surface area contributed by atoms with E-state index < -0.39 is 0 Å². The van der Waals surface area contributed by atoms with Crippen LogP contribution in [0.3, 0.4) is 0 Å². The molecule has 3 nitrogen and oxygen atoms in total. The highest BCUT2D eigenvalue weighted by Crippen LogP contribution is 2.24. The molecule has 0 amide bonds. The standard InChI is InChI=1S/C18H21N3/c1-15-9-11-16(12-10-15)21(17-7-3-5-13-19-17)18-8-4-6-14-20(18)2/h3-14,17-19H,1-2H3. The molecular formula is C18H21N3. The predicted octanol–water partition coefficient (Wildman–Crippen LogP) is 3.14. The van der Waals surface area contributed by atoms with Crippen LogP contribution < -0.4 is 10.2 Å². The molecule has 3 heteroatoms. The Hall–Kier alpha value is -2.42. The molecule has 1 aromatic carbocycles. The molecule has 0 saturated heterocycles. The second-order valence-electron chi connectivity index (χ2n) is 5.40. The maximum absolute atomic E-state index is 3.42. The Morgan fingerprint density at radius 2 is 1.76 bits per heavy atom. The molecule has 0 spiro atoms. The first-order chi connectivity index (χ1) is 10.3. The lowest BCUT2D eigenvalue weighted by atomic mass is 10.1. The number of hydrogen-bond acceptors (Lipinski definition) is 3. The van der Waals surface area contributed by atoms with Crippen molar-refractivity contribution in [3.05, 3.63) is 78.7 Å². The number of likely N-dealkylation sites (N-methyl/N-ethyl adjacent to an activating group) is 1. The van der Waals surface area contributed by atoms with E-state index in [0.29, 0.717) is 0 Å². The van der Waals surface area contributed by atoms with Gasteiger partial charge in [-0.25, -0.2) is 0 Å². The van der Waals surface area contributed by atoms with Gasteiger partial charge in [0.2, 0.25) is 0 Å². The number of rotatable bonds is 3. The number of nitrogens with zero attached hydrogens (tertiary/aromatic N) is 2. The van der Waals surface area contributed by atoms with E-state index in [1.807, 2.05) is 12.3 Å². The van der Waals surface area contributed by atoms with Crippen molar-refractivity contribution in [3.63, 3.8) is 0 Å². The molecular weight excluding hydrogens is 258 g/mol. The molecule has 0 bridgehead atoms. The molecule has 2 heterocycles. The Kier molecular flexibility index (Phi) is 3.82. The molecule has 2 unspecified atom stereocenters. The van der Waals surface area contributed by atoms with Crippen molar-refractivity contribution in [2.75, 3.05) is 11.9 Å². The van der Waals surface area contributed by atoms with Gasteiger partial charge in [0.1, 0.15) is 12.3 Å². The summed E-state index contributed by atoms with van der Waals surface area (Å²) in [6.45, 7) is 2.12. The van der Waals surface area contributed by atoms with E-state index in [9.17, 15) is 0 Å². The van der Waals surface area contributed by atoms with Crippen LogP contribution in [0.2, 0.25) is 0 Å². The minimum Gasteiger partial charge on any atom is -0.368 e. The highest BCUT2D eigenvalue weighted by Gasteiger charge is 2.26. The van der Waals surface area contributed by atoms with Crippen LogP contribution in [0, 0.1) is 6.92 Å². The number of hydrogen-bond donors (Lipinski definition) is 1. The highest BCUT2D eigenvalue weighted by molar-refractivity contribution is 5.52. The van der Waals surface area contributed by atoms with Crippen molar-refractivity contribution in [3.8, 4) is 0 Å². The first kappa shape index (κ1) is 13.6. The third-order valence-corrected chi connectivity index (χ3v) is 3.82. The molecule has 0 radical (unpaired) electrons. The normalized spacial score (nSPS) is 23.2. The van der Waals surface area contributed by atoms with Crippen LogP contribution >= 0.6 is 0 Å². The Bertz CT molecular complexity index is 595. The second kappa shape index (κ2) is 5.92. The number of nitrogens with one attached hydrogen (secondary N) is 1. The van der Waals surface area contributed by atoms with Gasteiger partial charge in [0.25, 0.3) is 0 Å². The molecule has 2 aliphatic heterocycles. The van der Waals surface area contributed by atoms with Gasteiger partial charge >= 0.3 is 0 Å². The third-order valence-electron chi connectivity index (χ3n) is 3.82. The predicted molar refractivity (Wildman–Crippen MR) is 88.7 cm³/mol. The van der Waals surface area contributed by atoms with Crippen molar-refractivity contribution < 1.29 is 0 Å². The zero-order valence-electron chi connectivity index (χ0n) is 12.5. The van der Waals surface area contributed by atoms with Gasteiger partial charge in [0.15, 0.2) is 0 Å². The van der Waals surface area contributed by atoms with Crippen LogP contribution in [0.4, 0.5) is 5.69 Å². The van der Waals surface area contributed by atoms with Crippen LogP contribution in [0.25, 0.3) is 0 Å². The van der Waals surface area contributed by atoms with Gasteiger partial charge in [0, 0.05) is 18.9 Å². The lowest BCUT2D eigenvalue weighted by molar-refractivity contribution is 0.345. The lowest BCUT2D eigenvalue weighted by Gasteiger charge is -2.42. The maximum Gasteiger partial charge on any atom is 0.122 e. The Morgan fingerprint density at radius 1 is 1.00 bits per heavy atom.